The van der Waals surface area contributed by atoms with Gasteiger partial charge in [0.2, 0.25) is 0 Å². The molecule has 0 fully saturated rings. The Kier molecular flexibility index (Phi) is 5.02. The van der Waals surface area contributed by atoms with Crippen LogP contribution < -0.4 is 10.1 Å². The van der Waals surface area contributed by atoms with Gasteiger partial charge in [0.25, 0.3) is 0 Å². The van der Waals surface area contributed by atoms with Gasteiger partial charge in [-0.3, -0.25) is 10.1 Å². The Bertz CT molecular complexity index is 888. The van der Waals surface area contributed by atoms with Crippen molar-refractivity contribution in [3.63, 3.8) is 0 Å². The van der Waals surface area contributed by atoms with Crippen molar-refractivity contribution in [1.29, 1.82) is 0 Å². The number of aromatic amines is 1. The molecule has 6 nitrogen and oxygen atoms in total. The molecule has 6 heteroatoms. The van der Waals surface area contributed by atoms with Crippen molar-refractivity contribution in [3.8, 4) is 16.9 Å². The quantitative estimate of drug-likeness (QED) is 0.530. The first-order chi connectivity index (χ1) is 12.1. The number of carboxylic acids is 1. The Morgan fingerprint density at radius 1 is 1.28 bits per heavy atom. The summed E-state index contributed by atoms with van der Waals surface area (Å²) in [5, 5.41) is 22.0. The number of carbonyl (C=O) groups is 1. The molecule has 25 heavy (non-hydrogen) atoms. The van der Waals surface area contributed by atoms with Crippen LogP contribution in [0.4, 0.5) is 0 Å². The maximum absolute atomic E-state index is 11.0. The summed E-state index contributed by atoms with van der Waals surface area (Å²) >= 11 is 0. The maximum Gasteiger partial charge on any atom is 0.323 e. The fourth-order valence-corrected chi connectivity index (χ4v) is 2.85. The number of para-hydroxylation sites is 1. The molecule has 1 aromatic heterocycles. The first-order valence-corrected chi connectivity index (χ1v) is 7.94. The lowest BCUT2D eigenvalue weighted by Crippen LogP contribution is -2.39. The normalized spacial score (nSPS) is 12.2. The second kappa shape index (κ2) is 7.38. The number of fused-ring (bicyclic) bond motifs is 1. The number of aliphatic hydroxyl groups excluding tert-OH is 1. The zero-order valence-electron chi connectivity index (χ0n) is 13.8. The van der Waals surface area contributed by atoms with E-state index in [9.17, 15) is 4.79 Å². The highest BCUT2D eigenvalue weighted by atomic mass is 16.5. The van der Waals surface area contributed by atoms with Gasteiger partial charge < -0.3 is 19.9 Å². The highest BCUT2D eigenvalue weighted by molar-refractivity contribution is 5.94. The highest BCUT2D eigenvalue weighted by Crippen LogP contribution is 2.31. The number of hydrogen-bond acceptors (Lipinski definition) is 4. The molecule has 0 bridgehead atoms. The van der Waals surface area contributed by atoms with E-state index in [0.29, 0.717) is 5.75 Å². The Balaban J connectivity index is 1.89. The van der Waals surface area contributed by atoms with Crippen LogP contribution in [0.1, 0.15) is 5.56 Å². The summed E-state index contributed by atoms with van der Waals surface area (Å²) in [5.74, 6) is -0.424. The van der Waals surface area contributed by atoms with Crippen LogP contribution in [0.15, 0.2) is 48.7 Å². The fraction of sp³-hybridized carbons (Fsp3) is 0.211. The van der Waals surface area contributed by atoms with Crippen molar-refractivity contribution in [2.75, 3.05) is 13.7 Å². The maximum atomic E-state index is 11.0. The number of hydrogen-bond donors (Lipinski definition) is 4. The van der Waals surface area contributed by atoms with Crippen LogP contribution in [0.3, 0.4) is 0 Å². The SMILES string of the molecule is COc1cc(-c2cccc3cc[nH]c23)ccc1CNC(CO)C(=O)O. The number of benzene rings is 2. The van der Waals surface area contributed by atoms with Crippen LogP contribution in [-0.2, 0) is 11.3 Å². The molecule has 3 aromatic rings. The number of aromatic nitrogens is 1. The van der Waals surface area contributed by atoms with Crippen LogP contribution in [0.5, 0.6) is 5.75 Å². The Morgan fingerprint density at radius 2 is 2.12 bits per heavy atom. The first kappa shape index (κ1) is 17.0. The van der Waals surface area contributed by atoms with E-state index >= 15 is 0 Å². The third-order valence-electron chi connectivity index (χ3n) is 4.20. The first-order valence-electron chi connectivity index (χ1n) is 7.94. The van der Waals surface area contributed by atoms with Gasteiger partial charge in [-0.15, -0.1) is 0 Å². The Morgan fingerprint density at radius 3 is 2.84 bits per heavy atom. The van der Waals surface area contributed by atoms with Gasteiger partial charge in [0, 0.05) is 23.9 Å². The molecular weight excluding hydrogens is 320 g/mol. The van der Waals surface area contributed by atoms with Gasteiger partial charge in [-0.25, -0.2) is 0 Å². The molecule has 3 rings (SSSR count). The van der Waals surface area contributed by atoms with E-state index in [1.54, 1.807) is 7.11 Å². The number of H-pyrrole nitrogens is 1. The minimum atomic E-state index is -1.09. The number of methoxy groups -OCH3 is 1. The number of aliphatic hydroxyl groups is 1. The number of rotatable bonds is 7. The van der Waals surface area contributed by atoms with Gasteiger partial charge >= 0.3 is 5.97 Å². The average molecular weight is 340 g/mol. The van der Waals surface area contributed by atoms with Crippen LogP contribution in [0.2, 0.25) is 0 Å². The Hall–Kier alpha value is -2.83. The molecule has 0 aliphatic rings. The second-order valence-electron chi connectivity index (χ2n) is 5.73. The summed E-state index contributed by atoms with van der Waals surface area (Å²) in [7, 11) is 1.58. The van der Waals surface area contributed by atoms with Crippen molar-refractivity contribution in [3.05, 3.63) is 54.2 Å². The highest BCUT2D eigenvalue weighted by Gasteiger charge is 2.16. The summed E-state index contributed by atoms with van der Waals surface area (Å²) in [6, 6.07) is 12.9. The molecule has 0 saturated heterocycles. The average Bonchev–Trinajstić information content (AvgIpc) is 3.10. The van der Waals surface area contributed by atoms with E-state index in [0.717, 1.165) is 27.6 Å². The molecule has 130 valence electrons. The van der Waals surface area contributed by atoms with Crippen molar-refractivity contribution in [1.82, 2.24) is 10.3 Å². The number of carboxylic acid groups (broad SMARTS) is 1. The predicted octanol–water partition coefficient (Wildman–Crippen LogP) is 2.38. The van der Waals surface area contributed by atoms with E-state index in [2.05, 4.69) is 10.3 Å². The lowest BCUT2D eigenvalue weighted by atomic mass is 10.0. The van der Waals surface area contributed by atoms with E-state index in [1.807, 2.05) is 48.7 Å². The van der Waals surface area contributed by atoms with Crippen LogP contribution >= 0.6 is 0 Å². The number of ether oxygens (including phenoxy) is 1. The molecule has 0 aliphatic carbocycles. The zero-order valence-corrected chi connectivity index (χ0v) is 13.8. The molecule has 1 unspecified atom stereocenters. The van der Waals surface area contributed by atoms with Crippen LogP contribution in [-0.4, -0.2) is 40.9 Å². The van der Waals surface area contributed by atoms with Crippen molar-refractivity contribution in [2.24, 2.45) is 0 Å². The van der Waals surface area contributed by atoms with Crippen molar-refractivity contribution in [2.45, 2.75) is 12.6 Å². The molecule has 0 saturated carbocycles. The smallest absolute Gasteiger partial charge is 0.323 e. The molecule has 0 radical (unpaired) electrons. The molecule has 2 aromatic carbocycles. The number of nitrogens with one attached hydrogen (secondary N) is 2. The molecular formula is C19H20N2O4. The zero-order chi connectivity index (χ0) is 17.8. The van der Waals surface area contributed by atoms with Crippen LogP contribution in [0.25, 0.3) is 22.0 Å². The molecule has 0 aliphatic heterocycles. The third-order valence-corrected chi connectivity index (χ3v) is 4.20. The Labute approximate surface area is 145 Å². The lowest BCUT2D eigenvalue weighted by Gasteiger charge is -2.15. The summed E-state index contributed by atoms with van der Waals surface area (Å²) in [6.07, 6.45) is 1.91. The minimum absolute atomic E-state index is 0.285. The summed E-state index contributed by atoms with van der Waals surface area (Å²) in [6.45, 7) is -0.182. The third kappa shape index (κ3) is 3.50. The van der Waals surface area contributed by atoms with Gasteiger partial charge in [0.05, 0.1) is 19.2 Å². The molecule has 4 N–H and O–H groups in total. The van der Waals surface area contributed by atoms with E-state index in [-0.39, 0.29) is 6.54 Å². The van der Waals surface area contributed by atoms with Crippen molar-refractivity contribution >= 4 is 16.9 Å². The standard InChI is InChI=1S/C19H20N2O4/c1-25-17-9-13(15-4-2-3-12-7-8-20-18(12)15)5-6-14(17)10-21-16(11-22)19(23)24/h2-9,16,20-22H,10-11H2,1H3,(H,23,24). The molecule has 1 heterocycles. The minimum Gasteiger partial charge on any atom is -0.496 e. The molecule has 0 amide bonds. The van der Waals surface area contributed by atoms with Gasteiger partial charge in [-0.05, 0) is 23.1 Å². The largest absolute Gasteiger partial charge is 0.496 e. The monoisotopic (exact) mass is 340 g/mol. The summed E-state index contributed by atoms with van der Waals surface area (Å²) < 4.78 is 5.47. The fourth-order valence-electron chi connectivity index (χ4n) is 2.85. The molecule has 1 atom stereocenters. The van der Waals surface area contributed by atoms with Crippen LogP contribution in [0, 0.1) is 0 Å². The molecule has 0 spiro atoms. The van der Waals surface area contributed by atoms with Gasteiger partial charge in [0.1, 0.15) is 11.8 Å². The summed E-state index contributed by atoms with van der Waals surface area (Å²) in [4.78, 5) is 14.2. The van der Waals surface area contributed by atoms with E-state index in [4.69, 9.17) is 14.9 Å². The lowest BCUT2D eigenvalue weighted by molar-refractivity contribution is -0.140. The topological polar surface area (TPSA) is 94.6 Å². The summed E-state index contributed by atoms with van der Waals surface area (Å²) in [5.41, 5.74) is 3.95. The van der Waals surface area contributed by atoms with E-state index in [1.165, 1.54) is 0 Å². The predicted molar refractivity (Wildman–Crippen MR) is 95.6 cm³/mol. The van der Waals surface area contributed by atoms with Crippen molar-refractivity contribution < 1.29 is 19.7 Å². The van der Waals surface area contributed by atoms with Gasteiger partial charge in [-0.2, -0.15) is 0 Å². The van der Waals surface area contributed by atoms with Gasteiger partial charge in [0.15, 0.2) is 0 Å². The second-order valence-corrected chi connectivity index (χ2v) is 5.73. The van der Waals surface area contributed by atoms with Gasteiger partial charge in [-0.1, -0.05) is 30.3 Å². The van der Waals surface area contributed by atoms with E-state index < -0.39 is 18.6 Å². The number of aliphatic carboxylic acids is 1.